The first-order valence-electron chi connectivity index (χ1n) is 8.83. The Morgan fingerprint density at radius 2 is 1.64 bits per heavy atom. The molecule has 0 amide bonds. The number of allylic oxidation sites excluding steroid dienone is 1. The first-order chi connectivity index (χ1) is 12.3. The van der Waals surface area contributed by atoms with Gasteiger partial charge in [-0.15, -0.1) is 0 Å². The Morgan fingerprint density at radius 1 is 0.840 bits per heavy atom. The Morgan fingerprint density at radius 3 is 2.40 bits per heavy atom. The van der Waals surface area contributed by atoms with Gasteiger partial charge in [-0.25, -0.2) is 0 Å². The molecule has 3 nitrogen and oxygen atoms in total. The molecular formula is C22H28O3. The summed E-state index contributed by atoms with van der Waals surface area (Å²) >= 11 is 0. The number of hydrogen-bond donors (Lipinski definition) is 0. The van der Waals surface area contributed by atoms with Gasteiger partial charge in [-0.1, -0.05) is 55.0 Å². The third-order valence-electron chi connectivity index (χ3n) is 3.99. The van der Waals surface area contributed by atoms with Crippen LogP contribution in [0.4, 0.5) is 0 Å². The Balaban J connectivity index is 1.57. The molecule has 0 radical (unpaired) electrons. The summed E-state index contributed by atoms with van der Waals surface area (Å²) in [6.07, 6.45) is 8.90. The number of benzene rings is 2. The number of ether oxygens (including phenoxy) is 3. The Labute approximate surface area is 151 Å². The summed E-state index contributed by atoms with van der Waals surface area (Å²) in [5.74, 6) is 1.52. The van der Waals surface area contributed by atoms with Crippen molar-refractivity contribution in [3.05, 3.63) is 65.7 Å². The van der Waals surface area contributed by atoms with Crippen molar-refractivity contribution < 1.29 is 14.2 Å². The van der Waals surface area contributed by atoms with E-state index in [1.54, 1.807) is 14.2 Å². The van der Waals surface area contributed by atoms with Crippen LogP contribution in [0.2, 0.25) is 0 Å². The molecule has 0 unspecified atom stereocenters. The van der Waals surface area contributed by atoms with Crippen LogP contribution >= 0.6 is 0 Å². The molecule has 0 heterocycles. The topological polar surface area (TPSA) is 27.7 Å². The van der Waals surface area contributed by atoms with Gasteiger partial charge >= 0.3 is 0 Å². The standard InChI is InChI=1S/C22H28O3/c1-23-21-15-14-19(17-22(21)24-2)11-7-4-3-5-10-16-25-18-20-12-8-6-9-13-20/h6-9,11-15,17H,3-5,10,16,18H2,1-2H3/b11-7-. The van der Waals surface area contributed by atoms with E-state index >= 15 is 0 Å². The van der Waals surface area contributed by atoms with Crippen LogP contribution in [0, 0.1) is 0 Å². The van der Waals surface area contributed by atoms with E-state index in [1.165, 1.54) is 18.4 Å². The van der Waals surface area contributed by atoms with E-state index in [2.05, 4.69) is 24.3 Å². The minimum atomic E-state index is 0.708. The molecule has 2 aromatic carbocycles. The van der Waals surface area contributed by atoms with Gasteiger partial charge in [0.15, 0.2) is 11.5 Å². The zero-order valence-corrected chi connectivity index (χ0v) is 15.2. The summed E-state index contributed by atoms with van der Waals surface area (Å²) in [5.41, 5.74) is 2.36. The zero-order valence-electron chi connectivity index (χ0n) is 15.2. The SMILES string of the molecule is COc1ccc(/C=C\CCCCCOCc2ccccc2)cc1OC. The molecule has 0 aromatic heterocycles. The van der Waals surface area contributed by atoms with Crippen LogP contribution in [0.1, 0.15) is 36.8 Å². The summed E-state index contributed by atoms with van der Waals surface area (Å²) in [7, 11) is 3.31. The molecule has 0 N–H and O–H groups in total. The van der Waals surface area contributed by atoms with Crippen molar-refractivity contribution in [2.45, 2.75) is 32.3 Å². The van der Waals surface area contributed by atoms with Gasteiger partial charge in [0.1, 0.15) is 0 Å². The van der Waals surface area contributed by atoms with Crippen molar-refractivity contribution in [2.75, 3.05) is 20.8 Å². The lowest BCUT2D eigenvalue weighted by molar-refractivity contribution is 0.117. The highest BCUT2D eigenvalue weighted by molar-refractivity contribution is 5.55. The fraction of sp³-hybridized carbons (Fsp3) is 0.364. The van der Waals surface area contributed by atoms with Crippen molar-refractivity contribution >= 4 is 6.08 Å². The summed E-state index contributed by atoms with van der Waals surface area (Å²) in [5, 5.41) is 0. The maximum atomic E-state index is 5.70. The van der Waals surface area contributed by atoms with Crippen LogP contribution in [-0.4, -0.2) is 20.8 Å². The van der Waals surface area contributed by atoms with E-state index in [0.717, 1.165) is 36.5 Å². The lowest BCUT2D eigenvalue weighted by atomic mass is 10.1. The molecule has 0 saturated heterocycles. The summed E-state index contributed by atoms with van der Waals surface area (Å²) in [6, 6.07) is 16.3. The van der Waals surface area contributed by atoms with E-state index in [1.807, 2.05) is 36.4 Å². The first kappa shape index (κ1) is 19.1. The molecule has 2 rings (SSSR count). The molecule has 0 fully saturated rings. The highest BCUT2D eigenvalue weighted by atomic mass is 16.5. The molecule has 3 heteroatoms. The largest absolute Gasteiger partial charge is 0.493 e. The predicted octanol–water partition coefficient (Wildman–Crippen LogP) is 5.49. The molecule has 0 atom stereocenters. The van der Waals surface area contributed by atoms with E-state index in [-0.39, 0.29) is 0 Å². The third-order valence-corrected chi connectivity index (χ3v) is 3.99. The second-order valence-electron chi connectivity index (χ2n) is 5.90. The molecule has 0 aliphatic heterocycles. The quantitative estimate of drug-likeness (QED) is 0.506. The van der Waals surface area contributed by atoms with Crippen LogP contribution in [0.15, 0.2) is 54.6 Å². The lowest BCUT2D eigenvalue weighted by Crippen LogP contribution is -1.95. The second kappa shape index (κ2) is 11.3. The van der Waals surface area contributed by atoms with Crippen LogP contribution in [-0.2, 0) is 11.3 Å². The van der Waals surface area contributed by atoms with Crippen molar-refractivity contribution in [3.63, 3.8) is 0 Å². The fourth-order valence-electron chi connectivity index (χ4n) is 2.58. The minimum Gasteiger partial charge on any atom is -0.493 e. The van der Waals surface area contributed by atoms with Gasteiger partial charge in [-0.2, -0.15) is 0 Å². The summed E-state index contributed by atoms with van der Waals surface area (Å²) in [6.45, 7) is 1.54. The van der Waals surface area contributed by atoms with Crippen LogP contribution in [0.25, 0.3) is 6.08 Å². The van der Waals surface area contributed by atoms with Crippen LogP contribution in [0.3, 0.4) is 0 Å². The maximum Gasteiger partial charge on any atom is 0.161 e. The van der Waals surface area contributed by atoms with E-state index in [0.29, 0.717) is 6.61 Å². The van der Waals surface area contributed by atoms with Crippen LogP contribution in [0.5, 0.6) is 11.5 Å². The number of methoxy groups -OCH3 is 2. The lowest BCUT2D eigenvalue weighted by Gasteiger charge is -2.07. The molecule has 0 spiro atoms. The Bertz CT molecular complexity index is 635. The third kappa shape index (κ3) is 7.02. The van der Waals surface area contributed by atoms with Gasteiger partial charge in [-0.05, 0) is 42.5 Å². The molecule has 0 aliphatic rings. The average molecular weight is 340 g/mol. The van der Waals surface area contributed by atoms with Gasteiger partial charge < -0.3 is 14.2 Å². The summed E-state index contributed by atoms with van der Waals surface area (Å²) in [4.78, 5) is 0. The van der Waals surface area contributed by atoms with Crippen molar-refractivity contribution in [3.8, 4) is 11.5 Å². The molecule has 134 valence electrons. The first-order valence-corrected chi connectivity index (χ1v) is 8.83. The van der Waals surface area contributed by atoms with Crippen molar-refractivity contribution in [1.82, 2.24) is 0 Å². The van der Waals surface area contributed by atoms with Gasteiger partial charge in [0.05, 0.1) is 20.8 Å². The van der Waals surface area contributed by atoms with E-state index < -0.39 is 0 Å². The molecule has 25 heavy (non-hydrogen) atoms. The van der Waals surface area contributed by atoms with E-state index in [9.17, 15) is 0 Å². The number of unbranched alkanes of at least 4 members (excludes halogenated alkanes) is 3. The Hall–Kier alpha value is -2.26. The maximum absolute atomic E-state index is 5.70. The average Bonchev–Trinajstić information content (AvgIpc) is 2.67. The molecule has 0 bridgehead atoms. The molecule has 2 aromatic rings. The highest BCUT2D eigenvalue weighted by Gasteiger charge is 2.02. The van der Waals surface area contributed by atoms with Crippen molar-refractivity contribution in [2.24, 2.45) is 0 Å². The minimum absolute atomic E-state index is 0.708. The number of hydrogen-bond acceptors (Lipinski definition) is 3. The van der Waals surface area contributed by atoms with Gasteiger partial charge in [0.25, 0.3) is 0 Å². The second-order valence-corrected chi connectivity index (χ2v) is 5.90. The van der Waals surface area contributed by atoms with Gasteiger partial charge in [0.2, 0.25) is 0 Å². The highest BCUT2D eigenvalue weighted by Crippen LogP contribution is 2.28. The smallest absolute Gasteiger partial charge is 0.161 e. The zero-order chi connectivity index (χ0) is 17.7. The fourth-order valence-corrected chi connectivity index (χ4v) is 2.58. The number of rotatable bonds is 11. The normalized spacial score (nSPS) is 11.0. The van der Waals surface area contributed by atoms with Crippen molar-refractivity contribution in [1.29, 1.82) is 0 Å². The molecule has 0 saturated carbocycles. The molecule has 0 aliphatic carbocycles. The summed E-state index contributed by atoms with van der Waals surface area (Å²) < 4.78 is 16.3. The monoisotopic (exact) mass is 340 g/mol. The van der Waals surface area contributed by atoms with Gasteiger partial charge in [0, 0.05) is 6.61 Å². The molecular weight excluding hydrogens is 312 g/mol. The van der Waals surface area contributed by atoms with Crippen LogP contribution < -0.4 is 9.47 Å². The van der Waals surface area contributed by atoms with E-state index in [4.69, 9.17) is 14.2 Å². The van der Waals surface area contributed by atoms with Gasteiger partial charge in [-0.3, -0.25) is 0 Å². The predicted molar refractivity (Wildman–Crippen MR) is 103 cm³/mol. The Kier molecular flexibility index (Phi) is 8.64.